The average molecular weight is 188 g/mol. The summed E-state index contributed by atoms with van der Waals surface area (Å²) in [6.45, 7) is 3.25. The summed E-state index contributed by atoms with van der Waals surface area (Å²) in [7, 11) is 1.45. The first-order valence-electron chi connectivity index (χ1n) is 4.16. The molecule has 0 aliphatic heterocycles. The van der Waals surface area contributed by atoms with Crippen LogP contribution >= 0.6 is 0 Å². The number of hydrogen-bond donors (Lipinski definition) is 2. The normalized spacial score (nSPS) is 14.8. The molecule has 1 amide bonds. The Morgan fingerprint density at radius 3 is 2.23 bits per heavy atom. The lowest BCUT2D eigenvalue weighted by atomic mass is 10.2. The number of carbonyl (C=O) groups excluding carboxylic acids is 1. The van der Waals surface area contributed by atoms with Gasteiger partial charge in [-0.2, -0.15) is 0 Å². The Bertz CT molecular complexity index is 204. The van der Waals surface area contributed by atoms with E-state index in [-0.39, 0.29) is 5.91 Å². The highest BCUT2D eigenvalue weighted by Crippen LogP contribution is 2.03. The van der Waals surface area contributed by atoms with E-state index in [4.69, 9.17) is 10.8 Å². The van der Waals surface area contributed by atoms with E-state index in [0.29, 0.717) is 6.42 Å². The highest BCUT2D eigenvalue weighted by molar-refractivity contribution is 5.86. The molecule has 0 spiro atoms. The average Bonchev–Trinajstić information content (AvgIpc) is 2.03. The van der Waals surface area contributed by atoms with Gasteiger partial charge in [0, 0.05) is 7.05 Å². The minimum absolute atomic E-state index is 0.353. The zero-order chi connectivity index (χ0) is 10.6. The summed E-state index contributed by atoms with van der Waals surface area (Å²) in [6.07, 6.45) is 0.379. The van der Waals surface area contributed by atoms with Crippen LogP contribution in [-0.2, 0) is 9.59 Å². The van der Waals surface area contributed by atoms with Gasteiger partial charge in [0.25, 0.3) is 0 Å². The maximum absolute atomic E-state index is 11.3. The van der Waals surface area contributed by atoms with Crippen LogP contribution in [-0.4, -0.2) is 41.0 Å². The fourth-order valence-electron chi connectivity index (χ4n) is 1.09. The third kappa shape index (κ3) is 3.02. The molecule has 13 heavy (non-hydrogen) atoms. The first-order valence-corrected chi connectivity index (χ1v) is 4.16. The van der Waals surface area contributed by atoms with Crippen molar-refractivity contribution in [3.8, 4) is 0 Å². The van der Waals surface area contributed by atoms with Gasteiger partial charge in [0.2, 0.25) is 5.91 Å². The van der Waals surface area contributed by atoms with Gasteiger partial charge in [-0.15, -0.1) is 0 Å². The molecule has 3 N–H and O–H groups in total. The van der Waals surface area contributed by atoms with Crippen LogP contribution in [0.4, 0.5) is 0 Å². The molecule has 0 fully saturated rings. The van der Waals surface area contributed by atoms with Crippen molar-refractivity contribution in [3.05, 3.63) is 0 Å². The van der Waals surface area contributed by atoms with Gasteiger partial charge in [0.05, 0.1) is 6.04 Å². The molecule has 2 atom stereocenters. The molecule has 0 saturated heterocycles. The lowest BCUT2D eigenvalue weighted by molar-refractivity contribution is -0.149. The van der Waals surface area contributed by atoms with Gasteiger partial charge >= 0.3 is 5.97 Å². The van der Waals surface area contributed by atoms with Crippen molar-refractivity contribution in [2.45, 2.75) is 32.4 Å². The van der Waals surface area contributed by atoms with Gasteiger partial charge in [-0.1, -0.05) is 6.92 Å². The molecule has 2 unspecified atom stereocenters. The van der Waals surface area contributed by atoms with Crippen LogP contribution in [0.1, 0.15) is 20.3 Å². The molecule has 0 aliphatic carbocycles. The van der Waals surface area contributed by atoms with Crippen molar-refractivity contribution in [2.75, 3.05) is 7.05 Å². The second-order valence-corrected chi connectivity index (χ2v) is 3.00. The van der Waals surface area contributed by atoms with E-state index in [2.05, 4.69) is 0 Å². The molecule has 0 aromatic carbocycles. The molecule has 0 aliphatic rings. The summed E-state index contributed by atoms with van der Waals surface area (Å²) in [5.41, 5.74) is 5.35. The minimum Gasteiger partial charge on any atom is -0.480 e. The second-order valence-electron chi connectivity index (χ2n) is 3.00. The SMILES string of the molecule is CCC(C(=O)O)N(C)C(=O)C(C)N. The lowest BCUT2D eigenvalue weighted by Gasteiger charge is -2.25. The maximum atomic E-state index is 11.3. The van der Waals surface area contributed by atoms with E-state index in [1.165, 1.54) is 18.9 Å². The fourth-order valence-corrected chi connectivity index (χ4v) is 1.09. The van der Waals surface area contributed by atoms with E-state index < -0.39 is 18.1 Å². The van der Waals surface area contributed by atoms with Crippen LogP contribution in [0.2, 0.25) is 0 Å². The highest BCUT2D eigenvalue weighted by atomic mass is 16.4. The minimum atomic E-state index is -1.00. The smallest absolute Gasteiger partial charge is 0.326 e. The predicted molar refractivity (Wildman–Crippen MR) is 48.1 cm³/mol. The Balaban J connectivity index is 4.46. The third-order valence-corrected chi connectivity index (χ3v) is 1.88. The molecule has 0 aromatic heterocycles. The second kappa shape index (κ2) is 4.81. The molecule has 5 nitrogen and oxygen atoms in total. The van der Waals surface area contributed by atoms with Gasteiger partial charge in [-0.25, -0.2) is 4.79 Å². The molecule has 0 radical (unpaired) electrons. The van der Waals surface area contributed by atoms with Crippen LogP contribution in [0.15, 0.2) is 0 Å². The first kappa shape index (κ1) is 11.9. The molecule has 5 heteroatoms. The molecule has 0 bridgehead atoms. The van der Waals surface area contributed by atoms with Crippen LogP contribution < -0.4 is 5.73 Å². The summed E-state index contributed by atoms with van der Waals surface area (Å²) >= 11 is 0. The van der Waals surface area contributed by atoms with Gasteiger partial charge in [-0.3, -0.25) is 4.79 Å². The zero-order valence-corrected chi connectivity index (χ0v) is 8.15. The number of nitrogens with zero attached hydrogens (tertiary/aromatic N) is 1. The standard InChI is InChI=1S/C8H16N2O3/c1-4-6(8(12)13)10(3)7(11)5(2)9/h5-6H,4,9H2,1-3H3,(H,12,13). The number of nitrogens with two attached hydrogens (primary N) is 1. The topological polar surface area (TPSA) is 83.6 Å². The van der Waals surface area contributed by atoms with E-state index >= 15 is 0 Å². The largest absolute Gasteiger partial charge is 0.480 e. The maximum Gasteiger partial charge on any atom is 0.326 e. The van der Waals surface area contributed by atoms with E-state index in [1.54, 1.807) is 6.92 Å². The van der Waals surface area contributed by atoms with Gasteiger partial charge < -0.3 is 15.7 Å². The molecular weight excluding hydrogens is 172 g/mol. The van der Waals surface area contributed by atoms with E-state index in [1.807, 2.05) is 0 Å². The molecular formula is C8H16N2O3. The number of carboxylic acid groups (broad SMARTS) is 1. The van der Waals surface area contributed by atoms with Gasteiger partial charge in [0.1, 0.15) is 6.04 Å². The van der Waals surface area contributed by atoms with Gasteiger partial charge in [0.15, 0.2) is 0 Å². The summed E-state index contributed by atoms with van der Waals surface area (Å²) < 4.78 is 0. The predicted octanol–water partition coefficient (Wildman–Crippen LogP) is -0.345. The van der Waals surface area contributed by atoms with E-state index in [9.17, 15) is 9.59 Å². The first-order chi connectivity index (χ1) is 5.91. The van der Waals surface area contributed by atoms with Crippen molar-refractivity contribution in [2.24, 2.45) is 5.73 Å². The number of likely N-dealkylation sites (N-methyl/N-ethyl adjacent to an activating group) is 1. The summed E-state index contributed by atoms with van der Waals surface area (Å²) in [6, 6.07) is -1.43. The lowest BCUT2D eigenvalue weighted by Crippen LogP contribution is -2.48. The number of hydrogen-bond acceptors (Lipinski definition) is 3. The molecule has 0 rings (SSSR count). The number of carboxylic acids is 1. The Hall–Kier alpha value is -1.10. The van der Waals surface area contributed by atoms with Crippen molar-refractivity contribution in [1.82, 2.24) is 4.90 Å². The van der Waals surface area contributed by atoms with E-state index in [0.717, 1.165) is 0 Å². The number of rotatable bonds is 4. The summed E-state index contributed by atoms with van der Waals surface area (Å²) in [4.78, 5) is 23.1. The Kier molecular flexibility index (Phi) is 4.40. The van der Waals surface area contributed by atoms with Crippen LogP contribution in [0.3, 0.4) is 0 Å². The Morgan fingerprint density at radius 1 is 1.54 bits per heavy atom. The number of amides is 1. The van der Waals surface area contributed by atoms with Crippen molar-refractivity contribution in [3.63, 3.8) is 0 Å². The zero-order valence-electron chi connectivity index (χ0n) is 8.15. The summed E-state index contributed by atoms with van der Waals surface area (Å²) in [5.74, 6) is -1.35. The van der Waals surface area contributed by atoms with Crippen LogP contribution in [0.5, 0.6) is 0 Å². The van der Waals surface area contributed by atoms with Gasteiger partial charge in [-0.05, 0) is 13.3 Å². The molecule has 76 valence electrons. The number of carbonyl (C=O) groups is 2. The Labute approximate surface area is 77.5 Å². The quantitative estimate of drug-likeness (QED) is 0.632. The molecule has 0 saturated carbocycles. The van der Waals surface area contributed by atoms with Crippen molar-refractivity contribution < 1.29 is 14.7 Å². The molecule has 0 heterocycles. The van der Waals surface area contributed by atoms with Crippen molar-refractivity contribution >= 4 is 11.9 Å². The van der Waals surface area contributed by atoms with Crippen LogP contribution in [0, 0.1) is 0 Å². The third-order valence-electron chi connectivity index (χ3n) is 1.88. The Morgan fingerprint density at radius 2 is 2.00 bits per heavy atom. The van der Waals surface area contributed by atoms with Crippen molar-refractivity contribution in [1.29, 1.82) is 0 Å². The summed E-state index contributed by atoms with van der Waals surface area (Å²) in [5, 5.41) is 8.74. The molecule has 0 aromatic rings. The monoisotopic (exact) mass is 188 g/mol. The highest BCUT2D eigenvalue weighted by Gasteiger charge is 2.25. The number of aliphatic carboxylic acids is 1. The fraction of sp³-hybridized carbons (Fsp3) is 0.750. The van der Waals surface area contributed by atoms with Crippen LogP contribution in [0.25, 0.3) is 0 Å².